The standard InChI is InChI=1S/C10H11N3O3/c11-8(6-14)9-10(15)16-12-13(9)7-4-2-1-3-5-7/h1-5,8,14H,6,11H2. The molecule has 16 heavy (non-hydrogen) atoms. The Kier molecular flexibility index (Phi) is 2.84. The Labute approximate surface area is 91.5 Å². The van der Waals surface area contributed by atoms with E-state index in [1.165, 1.54) is 4.68 Å². The molecule has 0 saturated heterocycles. The molecule has 0 fully saturated rings. The highest BCUT2D eigenvalue weighted by molar-refractivity contribution is 5.23. The number of benzene rings is 1. The predicted molar refractivity (Wildman–Crippen MR) is 51.5 cm³/mol. The number of nitrogens with zero attached hydrogens (tertiary/aromatic N) is 2. The first kappa shape index (κ1) is 10.6. The number of para-hydroxylation sites is 1. The van der Waals surface area contributed by atoms with Crippen LogP contribution in [0.3, 0.4) is 0 Å². The summed E-state index contributed by atoms with van der Waals surface area (Å²) in [5.74, 6) is -0.634. The third kappa shape index (κ3) is 1.75. The summed E-state index contributed by atoms with van der Waals surface area (Å²) in [6.07, 6.45) is 0. The third-order valence-corrected chi connectivity index (χ3v) is 2.19. The number of rotatable bonds is 3. The van der Waals surface area contributed by atoms with Crippen molar-refractivity contribution in [2.75, 3.05) is 6.61 Å². The number of hydrogen-bond acceptors (Lipinski definition) is 5. The van der Waals surface area contributed by atoms with Gasteiger partial charge in [0, 0.05) is 12.1 Å². The third-order valence-electron chi connectivity index (χ3n) is 2.19. The Morgan fingerprint density at radius 3 is 2.75 bits per heavy atom. The molecule has 84 valence electrons. The van der Waals surface area contributed by atoms with Crippen LogP contribution in [-0.4, -0.2) is 17.0 Å². The van der Waals surface area contributed by atoms with Gasteiger partial charge in [0.1, 0.15) is 6.04 Å². The molecular weight excluding hydrogens is 210 g/mol. The first-order valence-corrected chi connectivity index (χ1v) is 4.75. The quantitative estimate of drug-likeness (QED) is 0.649. The van der Waals surface area contributed by atoms with Crippen LogP contribution in [0, 0.1) is 0 Å². The average molecular weight is 221 g/mol. The normalized spacial score (nSPS) is 12.6. The van der Waals surface area contributed by atoms with Crippen LogP contribution >= 0.6 is 0 Å². The van der Waals surface area contributed by atoms with Crippen molar-refractivity contribution in [1.82, 2.24) is 5.27 Å². The second-order valence-electron chi connectivity index (χ2n) is 3.28. The molecule has 6 nitrogen and oxygen atoms in total. The zero-order valence-corrected chi connectivity index (χ0v) is 8.41. The van der Waals surface area contributed by atoms with Crippen LogP contribution in [0.15, 0.2) is 34.9 Å². The van der Waals surface area contributed by atoms with E-state index >= 15 is 0 Å². The van der Waals surface area contributed by atoms with Gasteiger partial charge in [-0.25, -0.2) is 0 Å². The van der Waals surface area contributed by atoms with Gasteiger partial charge >= 0.3 is 0 Å². The summed E-state index contributed by atoms with van der Waals surface area (Å²) in [5.41, 5.74) is 6.40. The van der Waals surface area contributed by atoms with Crippen molar-refractivity contribution in [2.24, 2.45) is 5.73 Å². The fourth-order valence-corrected chi connectivity index (χ4v) is 1.41. The summed E-state index contributed by atoms with van der Waals surface area (Å²) in [4.78, 5) is 0. The monoisotopic (exact) mass is 221 g/mol. The van der Waals surface area contributed by atoms with Gasteiger partial charge in [0.25, 0.3) is 5.69 Å². The maximum atomic E-state index is 11.4. The first-order chi connectivity index (χ1) is 7.74. The molecule has 0 spiro atoms. The highest BCUT2D eigenvalue weighted by Gasteiger charge is 2.25. The summed E-state index contributed by atoms with van der Waals surface area (Å²) >= 11 is 0. The lowest BCUT2D eigenvalue weighted by Gasteiger charge is -2.03. The molecule has 1 unspecified atom stereocenters. The molecular formula is C10H11N3O3. The number of nitrogens with two attached hydrogens (primary N) is 1. The predicted octanol–water partition coefficient (Wildman–Crippen LogP) is -0.983. The molecule has 1 atom stereocenters. The Bertz CT molecular complexity index is 469. The van der Waals surface area contributed by atoms with E-state index in [9.17, 15) is 5.11 Å². The summed E-state index contributed by atoms with van der Waals surface area (Å²) in [6.45, 7) is -0.344. The molecule has 0 saturated carbocycles. The summed E-state index contributed by atoms with van der Waals surface area (Å²) in [6, 6.07) is 8.16. The van der Waals surface area contributed by atoms with Crippen molar-refractivity contribution in [3.63, 3.8) is 0 Å². The Morgan fingerprint density at radius 2 is 2.12 bits per heavy atom. The fraction of sp³-hybridized carbons (Fsp3) is 0.200. The van der Waals surface area contributed by atoms with Crippen LogP contribution in [0.1, 0.15) is 11.7 Å². The van der Waals surface area contributed by atoms with Gasteiger partial charge in [-0.1, -0.05) is 18.2 Å². The zero-order chi connectivity index (χ0) is 11.5. The van der Waals surface area contributed by atoms with E-state index in [4.69, 9.17) is 10.8 Å². The summed E-state index contributed by atoms with van der Waals surface area (Å²) in [5, 5.41) is 23.9. The number of aliphatic hydroxyl groups excluding tert-OH is 1. The van der Waals surface area contributed by atoms with Gasteiger partial charge in [0.15, 0.2) is 5.95 Å². The van der Waals surface area contributed by atoms with E-state index in [1.54, 1.807) is 24.3 Å². The minimum Gasteiger partial charge on any atom is -0.539 e. The highest BCUT2D eigenvalue weighted by atomic mass is 16.6. The van der Waals surface area contributed by atoms with E-state index in [0.717, 1.165) is 0 Å². The molecule has 3 N–H and O–H groups in total. The minimum absolute atomic E-state index is 0.133. The van der Waals surface area contributed by atoms with Gasteiger partial charge < -0.3 is 20.5 Å². The number of aliphatic hydroxyl groups is 1. The lowest BCUT2D eigenvalue weighted by Crippen LogP contribution is -2.40. The topological polar surface area (TPSA) is 99.2 Å². The summed E-state index contributed by atoms with van der Waals surface area (Å²) in [7, 11) is 0. The molecule has 1 heterocycles. The van der Waals surface area contributed by atoms with Gasteiger partial charge in [-0.3, -0.25) is 0 Å². The Hall–Kier alpha value is -1.92. The van der Waals surface area contributed by atoms with Crippen LogP contribution in [0.2, 0.25) is 0 Å². The Morgan fingerprint density at radius 1 is 1.44 bits per heavy atom. The maximum absolute atomic E-state index is 11.4. The molecule has 2 aromatic rings. The first-order valence-electron chi connectivity index (χ1n) is 4.75. The SMILES string of the molecule is NC(CO)c1c([O-])on[n+]1-c1ccccc1. The van der Waals surface area contributed by atoms with E-state index in [2.05, 4.69) is 9.79 Å². The Balaban J connectivity index is 2.50. The molecule has 0 aliphatic heterocycles. The molecule has 2 rings (SSSR count). The summed E-state index contributed by atoms with van der Waals surface area (Å²) < 4.78 is 5.83. The van der Waals surface area contributed by atoms with Crippen LogP contribution in [0.5, 0.6) is 5.95 Å². The van der Waals surface area contributed by atoms with E-state index in [1.807, 2.05) is 6.07 Å². The second-order valence-corrected chi connectivity index (χ2v) is 3.28. The van der Waals surface area contributed by atoms with Crippen LogP contribution in [0.25, 0.3) is 5.69 Å². The average Bonchev–Trinajstić information content (AvgIpc) is 2.71. The van der Waals surface area contributed by atoms with Gasteiger partial charge in [0.05, 0.1) is 11.9 Å². The highest BCUT2D eigenvalue weighted by Crippen LogP contribution is 2.16. The van der Waals surface area contributed by atoms with Crippen LogP contribution in [-0.2, 0) is 0 Å². The van der Waals surface area contributed by atoms with Gasteiger partial charge in [-0.2, -0.15) is 0 Å². The van der Waals surface area contributed by atoms with Crippen molar-refractivity contribution in [2.45, 2.75) is 6.04 Å². The van der Waals surface area contributed by atoms with Crippen molar-refractivity contribution >= 4 is 0 Å². The molecule has 6 heteroatoms. The molecule has 0 aliphatic carbocycles. The van der Waals surface area contributed by atoms with Gasteiger partial charge in [-0.05, 0) is 4.68 Å². The van der Waals surface area contributed by atoms with E-state index < -0.39 is 12.0 Å². The fourth-order valence-electron chi connectivity index (χ4n) is 1.41. The largest absolute Gasteiger partial charge is 0.539 e. The number of hydrogen-bond donors (Lipinski definition) is 2. The molecule has 0 amide bonds. The van der Waals surface area contributed by atoms with Gasteiger partial charge in [-0.15, -0.1) is 0 Å². The lowest BCUT2D eigenvalue weighted by atomic mass is 10.2. The minimum atomic E-state index is -0.807. The van der Waals surface area contributed by atoms with Crippen molar-refractivity contribution in [3.8, 4) is 11.6 Å². The van der Waals surface area contributed by atoms with Crippen molar-refractivity contribution in [1.29, 1.82) is 0 Å². The molecule has 1 aromatic carbocycles. The lowest BCUT2D eigenvalue weighted by molar-refractivity contribution is -0.679. The van der Waals surface area contributed by atoms with Gasteiger partial charge in [0.2, 0.25) is 5.69 Å². The molecule has 0 aliphatic rings. The van der Waals surface area contributed by atoms with Crippen molar-refractivity contribution in [3.05, 3.63) is 36.0 Å². The van der Waals surface area contributed by atoms with E-state index in [0.29, 0.717) is 5.69 Å². The van der Waals surface area contributed by atoms with Crippen LogP contribution in [0.4, 0.5) is 0 Å². The van der Waals surface area contributed by atoms with E-state index in [-0.39, 0.29) is 12.3 Å². The molecule has 0 radical (unpaired) electrons. The maximum Gasteiger partial charge on any atom is 0.259 e. The molecule has 1 aromatic heterocycles. The second kappa shape index (κ2) is 4.30. The zero-order valence-electron chi connectivity index (χ0n) is 8.41. The smallest absolute Gasteiger partial charge is 0.259 e. The van der Waals surface area contributed by atoms with Crippen LogP contribution < -0.4 is 15.5 Å². The molecule has 0 bridgehead atoms. The number of aromatic nitrogens is 2. The van der Waals surface area contributed by atoms with Crippen molar-refractivity contribution < 1.29 is 19.4 Å².